The minimum atomic E-state index is -0.554. The Morgan fingerprint density at radius 1 is 1.56 bits per heavy atom. The SMILES string of the molecule is CO[C@@H]1COC[C@@H](N(C)Cc2cc(C)on2)[C@@H]1O. The standard InChI is InChI=1S/C12H20N2O4/c1-8-4-9(13-18-8)5-14(2)10-6-17-7-11(16-3)12(10)15/h4,10-12,15H,5-7H2,1-3H3/t10-,11-,12+/m1/s1. The van der Waals surface area contributed by atoms with E-state index in [1.807, 2.05) is 24.9 Å². The summed E-state index contributed by atoms with van der Waals surface area (Å²) in [4.78, 5) is 2.01. The lowest BCUT2D eigenvalue weighted by Gasteiger charge is -2.38. The molecule has 0 bridgehead atoms. The van der Waals surface area contributed by atoms with Gasteiger partial charge >= 0.3 is 0 Å². The van der Waals surface area contributed by atoms with Gasteiger partial charge < -0.3 is 19.1 Å². The minimum Gasteiger partial charge on any atom is -0.389 e. The monoisotopic (exact) mass is 256 g/mol. The van der Waals surface area contributed by atoms with Crippen molar-refractivity contribution in [3.05, 3.63) is 17.5 Å². The summed E-state index contributed by atoms with van der Waals surface area (Å²) < 4.78 is 15.7. The molecule has 2 heterocycles. The van der Waals surface area contributed by atoms with Gasteiger partial charge in [0.2, 0.25) is 0 Å². The Labute approximate surface area is 106 Å². The molecule has 2 rings (SSSR count). The molecule has 1 N–H and O–H groups in total. The molecule has 1 aliphatic rings. The molecule has 0 radical (unpaired) electrons. The number of aliphatic hydroxyl groups is 1. The first kappa shape index (κ1) is 13.5. The normalized spacial score (nSPS) is 28.8. The van der Waals surface area contributed by atoms with Crippen LogP contribution in [0.25, 0.3) is 0 Å². The Kier molecular flexibility index (Phi) is 4.34. The van der Waals surface area contributed by atoms with Crippen molar-refractivity contribution in [2.24, 2.45) is 0 Å². The molecule has 1 fully saturated rings. The van der Waals surface area contributed by atoms with Gasteiger partial charge in [0.25, 0.3) is 0 Å². The maximum absolute atomic E-state index is 10.2. The van der Waals surface area contributed by atoms with Gasteiger partial charge in [-0.2, -0.15) is 0 Å². The van der Waals surface area contributed by atoms with Crippen molar-refractivity contribution in [3.63, 3.8) is 0 Å². The van der Waals surface area contributed by atoms with E-state index in [0.717, 1.165) is 11.5 Å². The Morgan fingerprint density at radius 3 is 2.94 bits per heavy atom. The van der Waals surface area contributed by atoms with Crippen LogP contribution in [-0.4, -0.2) is 60.8 Å². The highest BCUT2D eigenvalue weighted by Gasteiger charge is 2.35. The Morgan fingerprint density at radius 2 is 2.33 bits per heavy atom. The van der Waals surface area contributed by atoms with Crippen molar-refractivity contribution in [3.8, 4) is 0 Å². The molecule has 0 saturated carbocycles. The second-order valence-corrected chi connectivity index (χ2v) is 4.71. The Bertz CT molecular complexity index is 382. The number of hydrogen-bond acceptors (Lipinski definition) is 6. The smallest absolute Gasteiger partial charge is 0.133 e. The Hall–Kier alpha value is -0.950. The van der Waals surface area contributed by atoms with Crippen molar-refractivity contribution in [2.75, 3.05) is 27.4 Å². The van der Waals surface area contributed by atoms with Crippen LogP contribution < -0.4 is 0 Å². The van der Waals surface area contributed by atoms with E-state index in [4.69, 9.17) is 14.0 Å². The van der Waals surface area contributed by atoms with Crippen molar-refractivity contribution < 1.29 is 19.1 Å². The van der Waals surface area contributed by atoms with E-state index < -0.39 is 6.10 Å². The number of ether oxygens (including phenoxy) is 2. The van der Waals surface area contributed by atoms with Crippen LogP contribution in [-0.2, 0) is 16.0 Å². The number of rotatable bonds is 4. The van der Waals surface area contributed by atoms with Gasteiger partial charge in [-0.15, -0.1) is 0 Å². The summed E-state index contributed by atoms with van der Waals surface area (Å²) in [6.07, 6.45) is -0.827. The molecule has 0 aliphatic carbocycles. The first-order chi connectivity index (χ1) is 8.61. The minimum absolute atomic E-state index is 0.0966. The highest BCUT2D eigenvalue weighted by atomic mass is 16.5. The van der Waals surface area contributed by atoms with Gasteiger partial charge in [0.05, 0.1) is 24.9 Å². The van der Waals surface area contributed by atoms with E-state index in [9.17, 15) is 5.11 Å². The number of likely N-dealkylation sites (N-methyl/N-ethyl adjacent to an activating group) is 1. The largest absolute Gasteiger partial charge is 0.389 e. The van der Waals surface area contributed by atoms with E-state index in [-0.39, 0.29) is 12.1 Å². The summed E-state index contributed by atoms with van der Waals surface area (Å²) in [6, 6.07) is 1.79. The molecule has 1 aliphatic heterocycles. The van der Waals surface area contributed by atoms with Gasteiger partial charge in [-0.3, -0.25) is 4.90 Å². The summed E-state index contributed by atoms with van der Waals surface area (Å²) >= 11 is 0. The first-order valence-electron chi connectivity index (χ1n) is 6.03. The van der Waals surface area contributed by atoms with Crippen molar-refractivity contribution in [2.45, 2.75) is 31.7 Å². The predicted molar refractivity (Wildman–Crippen MR) is 64.1 cm³/mol. The van der Waals surface area contributed by atoms with Crippen LogP contribution in [0.4, 0.5) is 0 Å². The molecule has 18 heavy (non-hydrogen) atoms. The summed E-state index contributed by atoms with van der Waals surface area (Å²) in [7, 11) is 3.51. The fourth-order valence-corrected chi connectivity index (χ4v) is 2.21. The Balaban J connectivity index is 1.97. The number of aromatic nitrogens is 1. The van der Waals surface area contributed by atoms with Crippen molar-refractivity contribution in [1.29, 1.82) is 0 Å². The van der Waals surface area contributed by atoms with Crippen LogP contribution in [0.2, 0.25) is 0 Å². The topological polar surface area (TPSA) is 68.0 Å². The second-order valence-electron chi connectivity index (χ2n) is 4.71. The van der Waals surface area contributed by atoms with E-state index in [2.05, 4.69) is 5.16 Å². The maximum Gasteiger partial charge on any atom is 0.133 e. The van der Waals surface area contributed by atoms with Gasteiger partial charge in [-0.25, -0.2) is 0 Å². The average Bonchev–Trinajstić information content (AvgIpc) is 2.75. The summed E-state index contributed by atoms with van der Waals surface area (Å²) in [5.41, 5.74) is 0.849. The van der Waals surface area contributed by atoms with Crippen LogP contribution in [0.3, 0.4) is 0 Å². The lowest BCUT2D eigenvalue weighted by molar-refractivity contribution is -0.142. The third-order valence-electron chi connectivity index (χ3n) is 3.30. The lowest BCUT2D eigenvalue weighted by atomic mass is 10.0. The van der Waals surface area contributed by atoms with E-state index in [1.54, 1.807) is 7.11 Å². The number of hydrogen-bond donors (Lipinski definition) is 1. The number of aliphatic hydroxyl groups excluding tert-OH is 1. The van der Waals surface area contributed by atoms with Crippen molar-refractivity contribution >= 4 is 0 Å². The van der Waals surface area contributed by atoms with Gasteiger partial charge in [-0.1, -0.05) is 5.16 Å². The summed E-state index contributed by atoms with van der Waals surface area (Å²) in [6.45, 7) is 3.40. The lowest BCUT2D eigenvalue weighted by Crippen LogP contribution is -2.55. The summed E-state index contributed by atoms with van der Waals surface area (Å²) in [5, 5.41) is 14.1. The molecule has 3 atom stereocenters. The average molecular weight is 256 g/mol. The summed E-state index contributed by atoms with van der Waals surface area (Å²) in [5.74, 6) is 0.786. The quantitative estimate of drug-likeness (QED) is 0.829. The zero-order valence-electron chi connectivity index (χ0n) is 11.0. The second kappa shape index (κ2) is 5.79. The molecule has 0 unspecified atom stereocenters. The van der Waals surface area contributed by atoms with Gasteiger partial charge in [-0.05, 0) is 14.0 Å². The third kappa shape index (κ3) is 2.89. The number of methoxy groups -OCH3 is 1. The van der Waals surface area contributed by atoms with Crippen LogP contribution in [0.1, 0.15) is 11.5 Å². The molecular weight excluding hydrogens is 236 g/mol. The van der Waals surface area contributed by atoms with Crippen LogP contribution in [0.15, 0.2) is 10.6 Å². The van der Waals surface area contributed by atoms with Crippen LogP contribution in [0.5, 0.6) is 0 Å². The molecular formula is C12H20N2O4. The fourth-order valence-electron chi connectivity index (χ4n) is 2.21. The van der Waals surface area contributed by atoms with Gasteiger partial charge in [0.1, 0.15) is 18.0 Å². The van der Waals surface area contributed by atoms with Gasteiger partial charge in [0, 0.05) is 19.7 Å². The van der Waals surface area contributed by atoms with Crippen LogP contribution >= 0.6 is 0 Å². The van der Waals surface area contributed by atoms with Crippen LogP contribution in [0, 0.1) is 6.92 Å². The van der Waals surface area contributed by atoms with Crippen molar-refractivity contribution in [1.82, 2.24) is 10.1 Å². The predicted octanol–water partition coefficient (Wildman–Crippen LogP) is 0.190. The number of aryl methyl sites for hydroxylation is 1. The first-order valence-corrected chi connectivity index (χ1v) is 6.03. The maximum atomic E-state index is 10.2. The molecule has 6 heteroatoms. The van der Waals surface area contributed by atoms with E-state index >= 15 is 0 Å². The molecule has 6 nitrogen and oxygen atoms in total. The highest BCUT2D eigenvalue weighted by Crippen LogP contribution is 2.17. The highest BCUT2D eigenvalue weighted by molar-refractivity contribution is 5.04. The fraction of sp³-hybridized carbons (Fsp3) is 0.750. The third-order valence-corrected chi connectivity index (χ3v) is 3.30. The zero-order valence-corrected chi connectivity index (χ0v) is 11.0. The van der Waals surface area contributed by atoms with E-state index in [1.165, 1.54) is 0 Å². The molecule has 1 saturated heterocycles. The van der Waals surface area contributed by atoms with Gasteiger partial charge in [0.15, 0.2) is 0 Å². The van der Waals surface area contributed by atoms with E-state index in [0.29, 0.717) is 19.8 Å². The molecule has 1 aromatic rings. The molecule has 0 amide bonds. The molecule has 1 aromatic heterocycles. The molecule has 0 aromatic carbocycles. The zero-order chi connectivity index (χ0) is 13.1. The molecule has 102 valence electrons. The number of nitrogens with zero attached hydrogens (tertiary/aromatic N) is 2. The molecule has 0 spiro atoms.